The van der Waals surface area contributed by atoms with E-state index in [4.69, 9.17) is 0 Å². The predicted octanol–water partition coefficient (Wildman–Crippen LogP) is 6.64. The van der Waals surface area contributed by atoms with E-state index in [-0.39, 0.29) is 11.5 Å². The van der Waals surface area contributed by atoms with E-state index in [1.807, 2.05) is 6.07 Å². The number of aliphatic hydroxyl groups is 1. The molecule has 182 valence electrons. The normalized spacial score (nSPS) is 15.3. The molecule has 0 heterocycles. The Morgan fingerprint density at radius 2 is 1.84 bits per heavy atom. The Labute approximate surface area is 198 Å². The standard InChI is InChI=1S/C29H50N2O/c1-8-13-26(21-29(5,6)7)31-27(20-25-16-10-9-11-17-25)28(32)22-30-19-18-24(4)15-12-14-23(2)3/h9-11,13,16-17,24,27-28,30-32H,2,8,12,14-15,18-22H2,1,3-7H3. The van der Waals surface area contributed by atoms with Crippen molar-refractivity contribution in [2.24, 2.45) is 11.3 Å². The molecule has 3 atom stereocenters. The molecule has 3 N–H and O–H groups in total. The zero-order valence-electron chi connectivity index (χ0n) is 21.7. The van der Waals surface area contributed by atoms with Gasteiger partial charge in [0.2, 0.25) is 0 Å². The minimum absolute atomic E-state index is 0.0157. The van der Waals surface area contributed by atoms with Crippen molar-refractivity contribution in [3.8, 4) is 0 Å². The van der Waals surface area contributed by atoms with Gasteiger partial charge in [0, 0.05) is 12.2 Å². The number of allylic oxidation sites excluding steroid dienone is 3. The summed E-state index contributed by atoms with van der Waals surface area (Å²) in [6.07, 6.45) is 9.35. The monoisotopic (exact) mass is 442 g/mol. The number of hydrogen-bond acceptors (Lipinski definition) is 3. The molecule has 0 radical (unpaired) electrons. The zero-order valence-corrected chi connectivity index (χ0v) is 21.7. The molecule has 0 bridgehead atoms. The van der Waals surface area contributed by atoms with Crippen LogP contribution in [0.2, 0.25) is 0 Å². The average molecular weight is 443 g/mol. The van der Waals surface area contributed by atoms with Gasteiger partial charge in [-0.2, -0.15) is 0 Å². The third-order valence-corrected chi connectivity index (χ3v) is 5.77. The Morgan fingerprint density at radius 1 is 1.16 bits per heavy atom. The molecular formula is C29H50N2O. The first-order valence-corrected chi connectivity index (χ1v) is 12.6. The van der Waals surface area contributed by atoms with Gasteiger partial charge in [-0.3, -0.25) is 0 Å². The molecule has 3 nitrogen and oxygen atoms in total. The van der Waals surface area contributed by atoms with Crippen LogP contribution in [0.15, 0.2) is 54.3 Å². The first-order valence-electron chi connectivity index (χ1n) is 12.6. The molecule has 0 amide bonds. The summed E-state index contributed by atoms with van der Waals surface area (Å²) in [5.74, 6) is 0.697. The first-order chi connectivity index (χ1) is 15.1. The summed E-state index contributed by atoms with van der Waals surface area (Å²) in [4.78, 5) is 0. The molecule has 3 unspecified atom stereocenters. The van der Waals surface area contributed by atoms with E-state index >= 15 is 0 Å². The maximum absolute atomic E-state index is 11.1. The quantitative estimate of drug-likeness (QED) is 0.199. The fraction of sp³-hybridized carbons (Fsp3) is 0.655. The Balaban J connectivity index is 2.65. The SMILES string of the molecule is C=C(C)CCCC(C)CCNCC(O)C(Cc1ccccc1)NC(=CCC)CC(C)(C)C. The summed E-state index contributed by atoms with van der Waals surface area (Å²) in [5, 5.41) is 18.3. The molecule has 3 heteroatoms. The van der Waals surface area contributed by atoms with Gasteiger partial charge in [-0.15, -0.1) is 6.58 Å². The Kier molecular flexibility index (Phi) is 13.6. The molecule has 1 rings (SSSR count). The van der Waals surface area contributed by atoms with Crippen LogP contribution in [0.4, 0.5) is 0 Å². The van der Waals surface area contributed by atoms with E-state index in [0.29, 0.717) is 12.5 Å². The molecule has 0 fully saturated rings. The first kappa shape index (κ1) is 28.5. The maximum Gasteiger partial charge on any atom is 0.0868 e. The van der Waals surface area contributed by atoms with Gasteiger partial charge in [0.05, 0.1) is 12.1 Å². The van der Waals surface area contributed by atoms with E-state index < -0.39 is 6.10 Å². The molecule has 1 aromatic rings. The minimum Gasteiger partial charge on any atom is -0.390 e. The smallest absolute Gasteiger partial charge is 0.0868 e. The van der Waals surface area contributed by atoms with Crippen LogP contribution in [0.5, 0.6) is 0 Å². The number of benzene rings is 1. The highest BCUT2D eigenvalue weighted by Gasteiger charge is 2.22. The van der Waals surface area contributed by atoms with Crippen LogP contribution in [0, 0.1) is 11.3 Å². The highest BCUT2D eigenvalue weighted by molar-refractivity contribution is 5.17. The number of hydrogen-bond donors (Lipinski definition) is 3. The van der Waals surface area contributed by atoms with E-state index in [9.17, 15) is 5.11 Å². The van der Waals surface area contributed by atoms with E-state index in [1.54, 1.807) is 0 Å². The van der Waals surface area contributed by atoms with Gasteiger partial charge in [-0.25, -0.2) is 0 Å². The van der Waals surface area contributed by atoms with Crippen LogP contribution in [-0.4, -0.2) is 30.3 Å². The van der Waals surface area contributed by atoms with Crippen molar-refractivity contribution in [2.75, 3.05) is 13.1 Å². The molecule has 1 aromatic carbocycles. The summed E-state index contributed by atoms with van der Waals surface area (Å²) in [6, 6.07) is 10.5. The molecule has 0 aliphatic heterocycles. The fourth-order valence-corrected chi connectivity index (χ4v) is 4.03. The molecule has 0 spiro atoms. The van der Waals surface area contributed by atoms with Crippen molar-refractivity contribution in [3.63, 3.8) is 0 Å². The van der Waals surface area contributed by atoms with Crippen LogP contribution < -0.4 is 10.6 Å². The largest absolute Gasteiger partial charge is 0.390 e. The second kappa shape index (κ2) is 15.3. The number of nitrogens with one attached hydrogen (secondary N) is 2. The van der Waals surface area contributed by atoms with Crippen LogP contribution in [0.3, 0.4) is 0 Å². The minimum atomic E-state index is -0.450. The van der Waals surface area contributed by atoms with Crippen LogP contribution in [-0.2, 0) is 6.42 Å². The highest BCUT2D eigenvalue weighted by Crippen LogP contribution is 2.24. The lowest BCUT2D eigenvalue weighted by molar-refractivity contribution is 0.127. The summed E-state index contributed by atoms with van der Waals surface area (Å²) >= 11 is 0. The van der Waals surface area contributed by atoms with Gasteiger partial charge in [0.15, 0.2) is 0 Å². The van der Waals surface area contributed by atoms with Crippen molar-refractivity contribution in [2.45, 2.75) is 98.6 Å². The Bertz CT molecular complexity index is 659. The van der Waals surface area contributed by atoms with E-state index in [2.05, 4.69) is 89.1 Å². The van der Waals surface area contributed by atoms with Gasteiger partial charge in [0.1, 0.15) is 0 Å². The Hall–Kier alpha value is -1.58. The second-order valence-corrected chi connectivity index (χ2v) is 10.8. The lowest BCUT2D eigenvalue weighted by Crippen LogP contribution is -2.46. The van der Waals surface area contributed by atoms with Crippen molar-refractivity contribution >= 4 is 0 Å². The van der Waals surface area contributed by atoms with Crippen LogP contribution in [0.25, 0.3) is 0 Å². The fourth-order valence-electron chi connectivity index (χ4n) is 4.03. The topological polar surface area (TPSA) is 44.3 Å². The van der Waals surface area contributed by atoms with Crippen LogP contribution in [0.1, 0.15) is 85.6 Å². The van der Waals surface area contributed by atoms with Crippen molar-refractivity contribution in [3.05, 3.63) is 59.8 Å². The summed E-state index contributed by atoms with van der Waals surface area (Å²) in [7, 11) is 0. The molecule has 0 aliphatic carbocycles. The number of aliphatic hydroxyl groups excluding tert-OH is 1. The lowest BCUT2D eigenvalue weighted by Gasteiger charge is -2.30. The van der Waals surface area contributed by atoms with Gasteiger partial charge < -0.3 is 15.7 Å². The lowest BCUT2D eigenvalue weighted by atomic mass is 9.89. The molecule has 0 saturated carbocycles. The van der Waals surface area contributed by atoms with Gasteiger partial charge in [-0.1, -0.05) is 83.0 Å². The molecule has 0 aromatic heterocycles. The average Bonchev–Trinajstić information content (AvgIpc) is 2.70. The van der Waals surface area contributed by atoms with Crippen molar-refractivity contribution < 1.29 is 5.11 Å². The summed E-state index contributed by atoms with van der Waals surface area (Å²) in [6.45, 7) is 18.9. The highest BCUT2D eigenvalue weighted by atomic mass is 16.3. The maximum atomic E-state index is 11.1. The number of rotatable bonds is 16. The second-order valence-electron chi connectivity index (χ2n) is 10.8. The molecule has 0 aliphatic rings. The third kappa shape index (κ3) is 13.8. The summed E-state index contributed by atoms with van der Waals surface area (Å²) < 4.78 is 0. The van der Waals surface area contributed by atoms with Crippen molar-refractivity contribution in [1.82, 2.24) is 10.6 Å². The van der Waals surface area contributed by atoms with Crippen molar-refractivity contribution in [1.29, 1.82) is 0 Å². The molecular weight excluding hydrogens is 392 g/mol. The Morgan fingerprint density at radius 3 is 2.44 bits per heavy atom. The van der Waals surface area contributed by atoms with Gasteiger partial charge in [0.25, 0.3) is 0 Å². The van der Waals surface area contributed by atoms with Crippen LogP contribution >= 0.6 is 0 Å². The van der Waals surface area contributed by atoms with Gasteiger partial charge in [-0.05, 0) is 68.9 Å². The molecule has 0 saturated heterocycles. The predicted molar refractivity (Wildman–Crippen MR) is 141 cm³/mol. The summed E-state index contributed by atoms with van der Waals surface area (Å²) in [5.41, 5.74) is 3.97. The third-order valence-electron chi connectivity index (χ3n) is 5.77. The van der Waals surface area contributed by atoms with Gasteiger partial charge >= 0.3 is 0 Å². The van der Waals surface area contributed by atoms with E-state index in [1.165, 1.54) is 29.7 Å². The zero-order chi connectivity index (χ0) is 24.0. The van der Waals surface area contributed by atoms with E-state index in [0.717, 1.165) is 38.6 Å². The molecule has 32 heavy (non-hydrogen) atoms.